The van der Waals surface area contributed by atoms with Crippen LogP contribution in [0.1, 0.15) is 17.2 Å². The molecule has 1 heterocycles. The van der Waals surface area contributed by atoms with Gasteiger partial charge in [0, 0.05) is 24.2 Å². The Morgan fingerprint density at radius 2 is 2.00 bits per heavy atom. The van der Waals surface area contributed by atoms with Gasteiger partial charge >= 0.3 is 0 Å². The van der Waals surface area contributed by atoms with Crippen LogP contribution in [0.5, 0.6) is 11.5 Å². The highest BCUT2D eigenvalue weighted by Gasteiger charge is 2.20. The van der Waals surface area contributed by atoms with Gasteiger partial charge in [0.15, 0.2) is 0 Å². The average Bonchev–Trinajstić information content (AvgIpc) is 2.77. The van der Waals surface area contributed by atoms with Gasteiger partial charge in [0.05, 0.1) is 20.4 Å². The second kappa shape index (κ2) is 5.19. The van der Waals surface area contributed by atoms with Crippen LogP contribution in [0, 0.1) is 0 Å². The van der Waals surface area contributed by atoms with Gasteiger partial charge in [-0.2, -0.15) is 5.10 Å². The Bertz CT molecular complexity index is 581. The van der Waals surface area contributed by atoms with Crippen molar-refractivity contribution in [3.05, 3.63) is 35.5 Å². The van der Waals surface area contributed by atoms with Gasteiger partial charge in [0.25, 0.3) is 0 Å². The topological polar surface area (TPSA) is 82.5 Å². The van der Waals surface area contributed by atoms with Crippen molar-refractivity contribution < 1.29 is 14.6 Å². The summed E-state index contributed by atoms with van der Waals surface area (Å²) in [5.41, 5.74) is 7.02. The van der Waals surface area contributed by atoms with E-state index in [1.165, 1.54) is 11.8 Å². The van der Waals surface area contributed by atoms with Crippen molar-refractivity contribution in [3.63, 3.8) is 0 Å². The Morgan fingerprint density at radius 3 is 2.53 bits per heavy atom. The van der Waals surface area contributed by atoms with Gasteiger partial charge in [-0.05, 0) is 12.1 Å². The highest BCUT2D eigenvalue weighted by Crippen LogP contribution is 2.34. The maximum atomic E-state index is 10.4. The van der Waals surface area contributed by atoms with Gasteiger partial charge in [-0.3, -0.25) is 4.68 Å². The highest BCUT2D eigenvalue weighted by atomic mass is 16.5. The van der Waals surface area contributed by atoms with Crippen LogP contribution in [0.25, 0.3) is 0 Å². The molecule has 3 N–H and O–H groups in total. The lowest BCUT2D eigenvalue weighted by Crippen LogP contribution is -2.06. The number of anilines is 1. The first-order valence-electron chi connectivity index (χ1n) is 5.75. The fourth-order valence-corrected chi connectivity index (χ4v) is 1.89. The molecule has 1 atom stereocenters. The van der Waals surface area contributed by atoms with Crippen molar-refractivity contribution in [2.45, 2.75) is 6.10 Å². The van der Waals surface area contributed by atoms with Crippen LogP contribution < -0.4 is 15.2 Å². The molecule has 6 nitrogen and oxygen atoms in total. The molecular weight excluding hydrogens is 246 g/mol. The molecule has 2 rings (SSSR count). The summed E-state index contributed by atoms with van der Waals surface area (Å²) >= 11 is 0. The number of aliphatic hydroxyl groups is 1. The van der Waals surface area contributed by atoms with E-state index in [0.29, 0.717) is 28.4 Å². The van der Waals surface area contributed by atoms with E-state index >= 15 is 0 Å². The average molecular weight is 263 g/mol. The lowest BCUT2D eigenvalue weighted by Gasteiger charge is -2.15. The highest BCUT2D eigenvalue weighted by molar-refractivity contribution is 5.49. The molecule has 0 aliphatic carbocycles. The number of nitrogen functional groups attached to an aromatic ring is 1. The zero-order valence-electron chi connectivity index (χ0n) is 11.1. The number of hydrogen-bond acceptors (Lipinski definition) is 5. The molecule has 0 spiro atoms. The number of ether oxygens (including phenoxy) is 2. The molecule has 102 valence electrons. The maximum Gasteiger partial charge on any atom is 0.128 e. The molecular formula is C13H17N3O3. The number of aryl methyl sites for hydroxylation is 1. The van der Waals surface area contributed by atoms with Crippen LogP contribution in [0.3, 0.4) is 0 Å². The number of aromatic nitrogens is 2. The third kappa shape index (κ3) is 2.34. The number of hydrogen-bond donors (Lipinski definition) is 2. The fraction of sp³-hybridized carbons (Fsp3) is 0.308. The monoisotopic (exact) mass is 263 g/mol. The molecule has 6 heteroatoms. The van der Waals surface area contributed by atoms with Crippen LogP contribution in [0.2, 0.25) is 0 Å². The first kappa shape index (κ1) is 13.2. The molecule has 0 saturated carbocycles. The second-order valence-electron chi connectivity index (χ2n) is 4.12. The SMILES string of the molecule is COc1ccc(C(O)c2cnn(C)c2N)c(OC)c1. The van der Waals surface area contributed by atoms with Crippen molar-refractivity contribution >= 4 is 5.82 Å². The zero-order valence-corrected chi connectivity index (χ0v) is 11.1. The normalized spacial score (nSPS) is 12.2. The van der Waals surface area contributed by atoms with Gasteiger partial charge in [0.1, 0.15) is 23.4 Å². The smallest absolute Gasteiger partial charge is 0.128 e. The maximum absolute atomic E-state index is 10.4. The lowest BCUT2D eigenvalue weighted by molar-refractivity contribution is 0.215. The molecule has 1 unspecified atom stereocenters. The quantitative estimate of drug-likeness (QED) is 0.863. The van der Waals surface area contributed by atoms with Crippen molar-refractivity contribution in [2.24, 2.45) is 7.05 Å². The summed E-state index contributed by atoms with van der Waals surface area (Å²) in [6.07, 6.45) is 0.651. The standard InChI is InChI=1S/C13H17N3O3/c1-16-13(14)10(7-15-16)12(17)9-5-4-8(18-2)6-11(9)19-3/h4-7,12,17H,14H2,1-3H3. The number of methoxy groups -OCH3 is 2. The first-order valence-corrected chi connectivity index (χ1v) is 5.75. The molecule has 0 bridgehead atoms. The Morgan fingerprint density at radius 1 is 1.26 bits per heavy atom. The molecule has 0 amide bonds. The number of nitrogens with zero attached hydrogens (tertiary/aromatic N) is 2. The van der Waals surface area contributed by atoms with Crippen molar-refractivity contribution in [1.29, 1.82) is 0 Å². The van der Waals surface area contributed by atoms with Crippen LogP contribution in [-0.2, 0) is 7.05 Å². The fourth-order valence-electron chi connectivity index (χ4n) is 1.89. The molecule has 1 aromatic carbocycles. The van der Waals surface area contributed by atoms with Gasteiger partial charge in [-0.25, -0.2) is 0 Å². The summed E-state index contributed by atoms with van der Waals surface area (Å²) in [5, 5.41) is 14.4. The summed E-state index contributed by atoms with van der Waals surface area (Å²) in [4.78, 5) is 0. The molecule has 0 aliphatic rings. The summed E-state index contributed by atoms with van der Waals surface area (Å²) in [6, 6.07) is 5.22. The van der Waals surface area contributed by atoms with Crippen molar-refractivity contribution in [1.82, 2.24) is 9.78 Å². The predicted octanol–water partition coefficient (Wildman–Crippen LogP) is 1.10. The van der Waals surface area contributed by atoms with Gasteiger partial charge < -0.3 is 20.3 Å². The van der Waals surface area contributed by atoms with Crippen molar-refractivity contribution in [3.8, 4) is 11.5 Å². The summed E-state index contributed by atoms with van der Waals surface area (Å²) in [7, 11) is 4.83. The minimum Gasteiger partial charge on any atom is -0.497 e. The van der Waals surface area contributed by atoms with E-state index in [2.05, 4.69) is 5.10 Å². The van der Waals surface area contributed by atoms with E-state index in [9.17, 15) is 5.11 Å². The minimum absolute atomic E-state index is 0.422. The molecule has 1 aromatic heterocycles. The Hall–Kier alpha value is -2.21. The van der Waals surface area contributed by atoms with Crippen LogP contribution >= 0.6 is 0 Å². The number of aliphatic hydroxyl groups excluding tert-OH is 1. The van der Waals surface area contributed by atoms with E-state index in [-0.39, 0.29) is 0 Å². The van der Waals surface area contributed by atoms with E-state index < -0.39 is 6.10 Å². The Labute approximate surface area is 111 Å². The summed E-state index contributed by atoms with van der Waals surface area (Å²) in [6.45, 7) is 0. The van der Waals surface area contributed by atoms with Gasteiger partial charge in [-0.15, -0.1) is 0 Å². The molecule has 0 radical (unpaired) electrons. The predicted molar refractivity (Wildman–Crippen MR) is 71.2 cm³/mol. The minimum atomic E-state index is -0.894. The third-order valence-electron chi connectivity index (χ3n) is 3.04. The van der Waals surface area contributed by atoms with E-state index in [1.54, 1.807) is 38.6 Å². The van der Waals surface area contributed by atoms with Crippen LogP contribution in [0.4, 0.5) is 5.82 Å². The van der Waals surface area contributed by atoms with Crippen molar-refractivity contribution in [2.75, 3.05) is 20.0 Å². The summed E-state index contributed by atoms with van der Waals surface area (Å²) < 4.78 is 11.9. The Balaban J connectivity index is 2.43. The van der Waals surface area contributed by atoms with Gasteiger partial charge in [-0.1, -0.05) is 0 Å². The van der Waals surface area contributed by atoms with Crippen LogP contribution in [-0.4, -0.2) is 29.1 Å². The largest absolute Gasteiger partial charge is 0.497 e. The third-order valence-corrected chi connectivity index (χ3v) is 3.04. The Kier molecular flexibility index (Phi) is 3.62. The van der Waals surface area contributed by atoms with E-state index in [0.717, 1.165) is 0 Å². The number of rotatable bonds is 4. The van der Waals surface area contributed by atoms with E-state index in [1.807, 2.05) is 0 Å². The first-order chi connectivity index (χ1) is 9.08. The van der Waals surface area contributed by atoms with Gasteiger partial charge in [0.2, 0.25) is 0 Å². The second-order valence-corrected chi connectivity index (χ2v) is 4.12. The molecule has 0 aliphatic heterocycles. The lowest BCUT2D eigenvalue weighted by atomic mass is 10.0. The number of benzene rings is 1. The van der Waals surface area contributed by atoms with Crippen LogP contribution in [0.15, 0.2) is 24.4 Å². The number of nitrogens with two attached hydrogens (primary N) is 1. The molecule has 0 fully saturated rings. The summed E-state index contributed by atoms with van der Waals surface area (Å²) in [5.74, 6) is 1.62. The molecule has 2 aromatic rings. The molecule has 19 heavy (non-hydrogen) atoms. The molecule has 0 saturated heterocycles. The van der Waals surface area contributed by atoms with E-state index in [4.69, 9.17) is 15.2 Å². The zero-order chi connectivity index (χ0) is 14.0.